The Morgan fingerprint density at radius 2 is 0.793 bits per heavy atom. The molecule has 2 fully saturated rings. The second-order valence-electron chi connectivity index (χ2n) is 12.8. The molecule has 0 spiro atoms. The molecule has 2 saturated heterocycles. The van der Waals surface area contributed by atoms with Gasteiger partial charge in [0, 0.05) is 53.8 Å². The Labute approximate surface area is 192 Å². The molecule has 0 bridgehead atoms. The van der Waals surface area contributed by atoms with Crippen molar-refractivity contribution < 1.29 is 0 Å². The van der Waals surface area contributed by atoms with Gasteiger partial charge in [0.2, 0.25) is 0 Å². The van der Waals surface area contributed by atoms with Crippen molar-refractivity contribution in [3.05, 3.63) is 0 Å². The molecule has 0 unspecified atom stereocenters. The van der Waals surface area contributed by atoms with Crippen molar-refractivity contribution in [3.63, 3.8) is 0 Å². The number of hydrogen-bond donors (Lipinski definition) is 0. The molecule has 2 rings (SSSR count). The minimum absolute atomic E-state index is 0.00965. The molecule has 0 aromatic rings. The van der Waals surface area contributed by atoms with E-state index in [0.717, 1.165) is 26.2 Å². The van der Waals surface area contributed by atoms with Crippen LogP contribution in [0.5, 0.6) is 0 Å². The minimum atomic E-state index is -2.68. The van der Waals surface area contributed by atoms with Gasteiger partial charge in [-0.25, -0.2) is 0 Å². The lowest BCUT2D eigenvalue weighted by Gasteiger charge is -2.61. The van der Waals surface area contributed by atoms with Crippen molar-refractivity contribution in [3.8, 4) is 0 Å². The Morgan fingerprint density at radius 1 is 0.552 bits per heavy atom. The van der Waals surface area contributed by atoms with E-state index in [2.05, 4.69) is 101 Å². The van der Waals surface area contributed by atoms with Crippen molar-refractivity contribution in [1.82, 2.24) is 18.3 Å². The molecule has 8 heteroatoms. The normalized spacial score (nSPS) is 25.9. The summed E-state index contributed by atoms with van der Waals surface area (Å²) in [6.07, 6.45) is 0. The first-order valence-electron chi connectivity index (χ1n) is 11.1. The van der Waals surface area contributed by atoms with Gasteiger partial charge in [-0.15, -0.1) is 22.7 Å². The Kier molecular flexibility index (Phi) is 6.95. The summed E-state index contributed by atoms with van der Waals surface area (Å²) in [5, 5.41) is 0. The van der Waals surface area contributed by atoms with Crippen molar-refractivity contribution >= 4 is 37.8 Å². The van der Waals surface area contributed by atoms with Crippen LogP contribution in [0.15, 0.2) is 0 Å². The maximum Gasteiger partial charge on any atom is 0.327 e. The van der Waals surface area contributed by atoms with Gasteiger partial charge in [0.1, 0.15) is 0 Å². The summed E-state index contributed by atoms with van der Waals surface area (Å²) >= 11 is 15.4. The lowest BCUT2D eigenvalue weighted by Crippen LogP contribution is -2.89. The molecule has 4 nitrogen and oxygen atoms in total. The third-order valence-electron chi connectivity index (χ3n) is 6.64. The molecule has 0 saturated carbocycles. The quantitative estimate of drug-likeness (QED) is 0.316. The van der Waals surface area contributed by atoms with Gasteiger partial charge in [-0.1, -0.05) is 0 Å². The van der Waals surface area contributed by atoms with Crippen LogP contribution in [0, 0.1) is 0 Å². The predicted molar refractivity (Wildman–Crippen MR) is 134 cm³/mol. The van der Waals surface area contributed by atoms with Crippen LogP contribution in [0.1, 0.15) is 83.1 Å². The standard InChI is InChI=1S/C21H46Cl2N4Si2/c1-18(2,3)24-13-14-25(19(4,5)6)28(24,17-22)29(23)26(20(7,8)9)15-16-27(29)21(10,11)12/h13-17H2,1-12H3. The highest BCUT2D eigenvalue weighted by molar-refractivity contribution is 7.57. The first-order chi connectivity index (χ1) is 12.8. The van der Waals surface area contributed by atoms with Gasteiger partial charge < -0.3 is 9.13 Å². The van der Waals surface area contributed by atoms with E-state index < -0.39 is 15.1 Å². The predicted octanol–water partition coefficient (Wildman–Crippen LogP) is 4.89. The maximum atomic E-state index is 8.22. The second-order valence-corrected chi connectivity index (χ2v) is 25.9. The zero-order chi connectivity index (χ0) is 22.8. The van der Waals surface area contributed by atoms with Crippen molar-refractivity contribution in [2.24, 2.45) is 0 Å². The maximum absolute atomic E-state index is 8.22. The Morgan fingerprint density at radius 3 is 1.00 bits per heavy atom. The molecule has 172 valence electrons. The van der Waals surface area contributed by atoms with Crippen molar-refractivity contribution in [2.45, 2.75) is 105 Å². The average molecular weight is 482 g/mol. The first-order valence-corrected chi connectivity index (χ1v) is 17.7. The molecule has 29 heavy (non-hydrogen) atoms. The lowest BCUT2D eigenvalue weighted by molar-refractivity contribution is 0.233. The Balaban J connectivity index is 2.89. The summed E-state index contributed by atoms with van der Waals surface area (Å²) < 4.78 is 11.0. The fourth-order valence-corrected chi connectivity index (χ4v) is 32.2. The summed E-state index contributed by atoms with van der Waals surface area (Å²) in [6, 6.07) is 0. The van der Waals surface area contributed by atoms with Crippen LogP contribution in [0.25, 0.3) is 0 Å². The van der Waals surface area contributed by atoms with Crippen LogP contribution < -0.4 is 0 Å². The minimum Gasteiger partial charge on any atom is -0.304 e. The molecule has 0 aromatic carbocycles. The first kappa shape index (κ1) is 26.1. The Bertz CT molecular complexity index is 558. The van der Waals surface area contributed by atoms with Crippen molar-refractivity contribution in [1.29, 1.82) is 0 Å². The number of hydrogen-bond acceptors (Lipinski definition) is 4. The van der Waals surface area contributed by atoms with Crippen LogP contribution in [0.2, 0.25) is 0 Å². The zero-order valence-electron chi connectivity index (χ0n) is 21.1. The fraction of sp³-hybridized carbons (Fsp3) is 1.00. The highest BCUT2D eigenvalue weighted by Crippen LogP contribution is 2.50. The smallest absolute Gasteiger partial charge is 0.304 e. The van der Waals surface area contributed by atoms with Gasteiger partial charge in [-0.05, 0) is 83.1 Å². The number of nitrogens with zero attached hydrogens (tertiary/aromatic N) is 4. The third-order valence-corrected chi connectivity index (χ3v) is 27.4. The monoisotopic (exact) mass is 480 g/mol. The molecular weight excluding hydrogens is 435 g/mol. The van der Waals surface area contributed by atoms with Crippen molar-refractivity contribution in [2.75, 3.05) is 31.7 Å². The van der Waals surface area contributed by atoms with E-state index in [1.54, 1.807) is 0 Å². The number of rotatable bonds is 2. The van der Waals surface area contributed by atoms with Crippen LogP contribution in [-0.2, 0) is 0 Å². The molecule has 0 aromatic heterocycles. The molecule has 0 N–H and O–H groups in total. The summed E-state index contributed by atoms with van der Waals surface area (Å²) in [5.74, 6) is 0. The van der Waals surface area contributed by atoms with E-state index in [1.165, 1.54) is 0 Å². The summed E-state index contributed by atoms with van der Waals surface area (Å²) in [7, 11) is -5.17. The van der Waals surface area contributed by atoms with E-state index in [0.29, 0.717) is 5.50 Å². The summed E-state index contributed by atoms with van der Waals surface area (Å²) in [4.78, 5) is 0. The molecule has 0 aliphatic carbocycles. The van der Waals surface area contributed by atoms with Gasteiger partial charge in [0.15, 0.2) is 0 Å². The van der Waals surface area contributed by atoms with Gasteiger partial charge in [0.25, 0.3) is 7.91 Å². The van der Waals surface area contributed by atoms with Gasteiger partial charge in [-0.2, -0.15) is 0 Å². The molecular formula is C21H46Cl2N4Si2. The van der Waals surface area contributed by atoms with Crippen LogP contribution in [0.3, 0.4) is 0 Å². The average Bonchev–Trinajstić information content (AvgIpc) is 3.04. The Hall–Kier alpha value is 0.854. The number of halogens is 2. The summed E-state index contributed by atoms with van der Waals surface area (Å²) in [6.45, 7) is 32.2. The topological polar surface area (TPSA) is 13.0 Å². The third kappa shape index (κ3) is 4.14. The number of alkyl halides is 1. The molecule has 2 aliphatic rings. The molecule has 2 heterocycles. The zero-order valence-corrected chi connectivity index (χ0v) is 24.6. The van der Waals surface area contributed by atoms with E-state index in [4.69, 9.17) is 22.7 Å². The van der Waals surface area contributed by atoms with Gasteiger partial charge in [0.05, 0.1) is 0 Å². The van der Waals surface area contributed by atoms with E-state index in [1.807, 2.05) is 0 Å². The SMILES string of the molecule is CC(C)(C)N1CCN(C(C)(C)C)[Si]1(Cl)[Si]1(CCl)N(C(C)(C)C)CCN1C(C)(C)C. The highest BCUT2D eigenvalue weighted by Gasteiger charge is 2.76. The molecule has 0 amide bonds. The molecule has 0 radical (unpaired) electrons. The largest absolute Gasteiger partial charge is 0.327 e. The fourth-order valence-electron chi connectivity index (χ4n) is 5.70. The summed E-state index contributed by atoms with van der Waals surface area (Å²) in [5.41, 5.74) is 0.735. The van der Waals surface area contributed by atoms with Crippen LogP contribution in [0.4, 0.5) is 0 Å². The van der Waals surface area contributed by atoms with Gasteiger partial charge >= 0.3 is 7.22 Å². The molecule has 2 aliphatic heterocycles. The lowest BCUT2D eigenvalue weighted by atomic mass is 10.1. The van der Waals surface area contributed by atoms with Crippen LogP contribution in [-0.4, -0.2) is 87.2 Å². The highest BCUT2D eigenvalue weighted by atomic mass is 35.6. The van der Waals surface area contributed by atoms with E-state index in [9.17, 15) is 0 Å². The van der Waals surface area contributed by atoms with Gasteiger partial charge in [-0.3, -0.25) is 9.13 Å². The second kappa shape index (κ2) is 7.72. The van der Waals surface area contributed by atoms with E-state index in [-0.39, 0.29) is 22.2 Å². The van der Waals surface area contributed by atoms with Crippen LogP contribution >= 0.6 is 22.7 Å². The van der Waals surface area contributed by atoms with E-state index >= 15 is 0 Å². The molecule has 0 atom stereocenters.